The van der Waals surface area contributed by atoms with E-state index in [4.69, 9.17) is 0 Å². The highest BCUT2D eigenvalue weighted by Gasteiger charge is 2.28. The Hall–Kier alpha value is -1.99. The van der Waals surface area contributed by atoms with E-state index in [9.17, 15) is 13.2 Å². The lowest BCUT2D eigenvalue weighted by Gasteiger charge is -2.26. The summed E-state index contributed by atoms with van der Waals surface area (Å²) in [6.45, 7) is 4.07. The summed E-state index contributed by atoms with van der Waals surface area (Å²) in [4.78, 5) is 12.9. The second-order valence-corrected chi connectivity index (χ2v) is 11.4. The molecule has 2 aromatic carbocycles. The lowest BCUT2D eigenvalue weighted by atomic mass is 10.0. The minimum atomic E-state index is -3.87. The van der Waals surface area contributed by atoms with E-state index >= 15 is 0 Å². The van der Waals surface area contributed by atoms with Gasteiger partial charge in [-0.2, -0.15) is 11.8 Å². The molecule has 168 valence electrons. The molecule has 5 nitrogen and oxygen atoms in total. The van der Waals surface area contributed by atoms with Crippen molar-refractivity contribution in [3.05, 3.63) is 59.7 Å². The summed E-state index contributed by atoms with van der Waals surface area (Å²) < 4.78 is 28.0. The first kappa shape index (κ1) is 23.7. The molecule has 2 aromatic rings. The molecular formula is C24H32N2O3S2. The van der Waals surface area contributed by atoms with Gasteiger partial charge < -0.3 is 5.32 Å². The van der Waals surface area contributed by atoms with Gasteiger partial charge in [0.15, 0.2) is 0 Å². The maximum Gasteiger partial charge on any atom is 0.264 e. The lowest BCUT2D eigenvalue weighted by molar-refractivity contribution is -0.119. The van der Waals surface area contributed by atoms with Gasteiger partial charge in [0.1, 0.15) is 6.54 Å². The highest BCUT2D eigenvalue weighted by Crippen LogP contribution is 2.28. The number of carbonyl (C=O) groups excluding carboxylic acids is 1. The number of aryl methyl sites for hydroxylation is 2. The molecular weight excluding hydrogens is 428 g/mol. The van der Waals surface area contributed by atoms with Crippen LogP contribution >= 0.6 is 11.8 Å². The molecule has 1 aliphatic rings. The van der Waals surface area contributed by atoms with E-state index < -0.39 is 10.0 Å². The van der Waals surface area contributed by atoms with Crippen LogP contribution in [0.15, 0.2) is 53.4 Å². The molecule has 0 aliphatic heterocycles. The minimum Gasteiger partial charge on any atom is -0.354 e. The highest BCUT2D eigenvalue weighted by molar-refractivity contribution is 7.99. The average molecular weight is 461 g/mol. The molecule has 0 unspecified atom stereocenters. The van der Waals surface area contributed by atoms with Gasteiger partial charge >= 0.3 is 0 Å². The van der Waals surface area contributed by atoms with Crippen molar-refractivity contribution in [1.82, 2.24) is 5.32 Å². The fraction of sp³-hybridized carbons (Fsp3) is 0.458. The first-order valence-corrected chi connectivity index (χ1v) is 13.4. The first-order valence-electron chi connectivity index (χ1n) is 10.9. The van der Waals surface area contributed by atoms with Gasteiger partial charge in [-0.15, -0.1) is 0 Å². The SMILES string of the molecule is Cc1ccc(S(=O)(=O)N(CC(=O)NCCSC2CCCCC2)c2ccccc2C)cc1. The van der Waals surface area contributed by atoms with E-state index in [-0.39, 0.29) is 17.3 Å². The largest absolute Gasteiger partial charge is 0.354 e. The molecule has 7 heteroatoms. The van der Waals surface area contributed by atoms with Crippen molar-refractivity contribution in [2.45, 2.75) is 56.1 Å². The van der Waals surface area contributed by atoms with Crippen LogP contribution in [0.4, 0.5) is 5.69 Å². The van der Waals surface area contributed by atoms with Crippen LogP contribution in [0.2, 0.25) is 0 Å². The molecule has 1 aliphatic carbocycles. The maximum atomic E-state index is 13.4. The Bertz CT molecular complexity index is 969. The van der Waals surface area contributed by atoms with E-state index in [1.807, 2.05) is 37.7 Å². The second kappa shape index (κ2) is 11.0. The van der Waals surface area contributed by atoms with Crippen LogP contribution < -0.4 is 9.62 Å². The van der Waals surface area contributed by atoms with Crippen LogP contribution in [-0.2, 0) is 14.8 Å². The van der Waals surface area contributed by atoms with Crippen LogP contribution in [0.25, 0.3) is 0 Å². The van der Waals surface area contributed by atoms with Crippen molar-refractivity contribution in [3.63, 3.8) is 0 Å². The van der Waals surface area contributed by atoms with Gasteiger partial charge in [-0.25, -0.2) is 8.42 Å². The van der Waals surface area contributed by atoms with E-state index in [2.05, 4.69) is 5.32 Å². The Morgan fingerprint density at radius 2 is 1.71 bits per heavy atom. The van der Waals surface area contributed by atoms with Crippen LogP contribution in [-0.4, -0.2) is 38.4 Å². The zero-order valence-electron chi connectivity index (χ0n) is 18.3. The van der Waals surface area contributed by atoms with Crippen molar-refractivity contribution in [3.8, 4) is 0 Å². The Kier molecular flexibility index (Phi) is 8.43. The van der Waals surface area contributed by atoms with Crippen molar-refractivity contribution in [2.75, 3.05) is 23.1 Å². The summed E-state index contributed by atoms with van der Waals surface area (Å²) in [5.41, 5.74) is 2.31. The molecule has 31 heavy (non-hydrogen) atoms. The number of hydrogen-bond acceptors (Lipinski definition) is 4. The average Bonchev–Trinajstić information content (AvgIpc) is 2.77. The number of sulfonamides is 1. The maximum absolute atomic E-state index is 13.4. The van der Waals surface area contributed by atoms with Crippen molar-refractivity contribution in [2.24, 2.45) is 0 Å². The standard InChI is InChI=1S/C24H32N2O3S2/c1-19-12-14-22(15-13-19)31(28,29)26(23-11-7-6-8-20(23)2)18-24(27)25-16-17-30-21-9-4-3-5-10-21/h6-8,11-15,21H,3-5,9-10,16-18H2,1-2H3,(H,25,27). The predicted molar refractivity (Wildman–Crippen MR) is 129 cm³/mol. The van der Waals surface area contributed by atoms with Crippen molar-refractivity contribution < 1.29 is 13.2 Å². The van der Waals surface area contributed by atoms with Gasteiger partial charge in [0, 0.05) is 17.5 Å². The number of hydrogen-bond donors (Lipinski definition) is 1. The summed E-state index contributed by atoms with van der Waals surface area (Å²) in [7, 11) is -3.87. The lowest BCUT2D eigenvalue weighted by Crippen LogP contribution is -2.41. The molecule has 0 saturated heterocycles. The fourth-order valence-corrected chi connectivity index (χ4v) is 6.52. The summed E-state index contributed by atoms with van der Waals surface area (Å²) in [5, 5.41) is 3.60. The number of rotatable bonds is 9. The molecule has 1 N–H and O–H groups in total. The van der Waals surface area contributed by atoms with Gasteiger partial charge in [0.2, 0.25) is 5.91 Å². The molecule has 1 saturated carbocycles. The zero-order chi connectivity index (χ0) is 22.3. The number of anilines is 1. The third-order valence-corrected chi connectivity index (χ3v) is 8.77. The topological polar surface area (TPSA) is 66.5 Å². The normalized spacial score (nSPS) is 14.9. The third-order valence-electron chi connectivity index (χ3n) is 5.61. The van der Waals surface area contributed by atoms with Gasteiger partial charge in [0.05, 0.1) is 10.6 Å². The monoisotopic (exact) mass is 460 g/mol. The Labute approximate surface area is 190 Å². The van der Waals surface area contributed by atoms with Gasteiger partial charge in [-0.3, -0.25) is 9.10 Å². The Morgan fingerprint density at radius 1 is 1.03 bits per heavy atom. The van der Waals surface area contributed by atoms with Crippen LogP contribution in [0.3, 0.4) is 0 Å². The second-order valence-electron chi connectivity index (χ2n) is 8.09. The molecule has 0 aromatic heterocycles. The molecule has 3 rings (SSSR count). The van der Waals surface area contributed by atoms with Crippen LogP contribution in [0.5, 0.6) is 0 Å². The molecule has 0 atom stereocenters. The van der Waals surface area contributed by atoms with Crippen molar-refractivity contribution >= 4 is 33.4 Å². The van der Waals surface area contributed by atoms with Gasteiger partial charge in [-0.1, -0.05) is 55.2 Å². The van der Waals surface area contributed by atoms with Crippen molar-refractivity contribution in [1.29, 1.82) is 0 Å². The number of para-hydroxylation sites is 1. The molecule has 1 amide bonds. The molecule has 0 bridgehead atoms. The smallest absolute Gasteiger partial charge is 0.264 e. The number of thioether (sulfide) groups is 1. The number of carbonyl (C=O) groups is 1. The van der Waals surface area contributed by atoms with E-state index in [0.717, 1.165) is 16.9 Å². The minimum absolute atomic E-state index is 0.182. The van der Waals surface area contributed by atoms with Gasteiger partial charge in [0.25, 0.3) is 10.0 Å². The number of benzene rings is 2. The fourth-order valence-electron chi connectivity index (χ4n) is 3.81. The van der Waals surface area contributed by atoms with E-state index in [1.165, 1.54) is 36.4 Å². The highest BCUT2D eigenvalue weighted by atomic mass is 32.2. The number of nitrogens with zero attached hydrogens (tertiary/aromatic N) is 1. The van der Waals surface area contributed by atoms with Crippen LogP contribution in [0.1, 0.15) is 43.2 Å². The summed E-state index contributed by atoms with van der Waals surface area (Å²) in [6.07, 6.45) is 6.44. The third kappa shape index (κ3) is 6.50. The summed E-state index contributed by atoms with van der Waals surface area (Å²) >= 11 is 1.91. The van der Waals surface area contributed by atoms with Crippen LogP contribution in [0, 0.1) is 13.8 Å². The molecule has 1 fully saturated rings. The Balaban J connectivity index is 1.69. The quantitative estimate of drug-likeness (QED) is 0.552. The zero-order valence-corrected chi connectivity index (χ0v) is 20.0. The molecule has 0 spiro atoms. The van der Waals surface area contributed by atoms with Gasteiger partial charge in [-0.05, 0) is 50.5 Å². The number of amides is 1. The Morgan fingerprint density at radius 3 is 2.39 bits per heavy atom. The van der Waals surface area contributed by atoms with E-state index in [1.54, 1.807) is 36.4 Å². The number of nitrogens with one attached hydrogen (secondary N) is 1. The predicted octanol–water partition coefficient (Wildman–Crippen LogP) is 4.68. The van der Waals surface area contributed by atoms with E-state index in [0.29, 0.717) is 17.5 Å². The first-order chi connectivity index (χ1) is 14.9. The summed E-state index contributed by atoms with van der Waals surface area (Å²) in [6, 6.07) is 14.0. The molecule has 0 heterocycles. The summed E-state index contributed by atoms with van der Waals surface area (Å²) in [5.74, 6) is 0.564. The molecule has 0 radical (unpaired) electrons.